The molecule has 3 heterocycles. The maximum Gasteiger partial charge on any atom is 0.264 e. The van der Waals surface area contributed by atoms with Crippen LogP contribution in [0.2, 0.25) is 0 Å². The number of aryl methyl sites for hydroxylation is 1. The van der Waals surface area contributed by atoms with Crippen LogP contribution in [0.15, 0.2) is 71.9 Å². The van der Waals surface area contributed by atoms with Crippen molar-refractivity contribution in [2.24, 2.45) is 0 Å². The third-order valence-corrected chi connectivity index (χ3v) is 8.53. The minimum atomic E-state index is -3.97. The summed E-state index contributed by atoms with van der Waals surface area (Å²) >= 11 is 1.07. The SMILES string of the molecule is CCc1ccc(-c2c(C#N)c(N)nc3sc(C(=O)c4ccc(S(=O)(=O)Nc5ncccn5)cc4)c(N)c23)cc1. The normalized spacial score (nSPS) is 11.3. The van der Waals surface area contributed by atoms with E-state index in [9.17, 15) is 18.5 Å². The van der Waals surface area contributed by atoms with E-state index >= 15 is 0 Å². The van der Waals surface area contributed by atoms with Crippen LogP contribution in [0.3, 0.4) is 0 Å². The average Bonchev–Trinajstić information content (AvgIpc) is 3.27. The Balaban J connectivity index is 1.54. The van der Waals surface area contributed by atoms with E-state index in [4.69, 9.17) is 11.5 Å². The number of sulfonamides is 1. The van der Waals surface area contributed by atoms with Crippen molar-refractivity contribution in [3.63, 3.8) is 0 Å². The molecular weight excluding hydrogens is 534 g/mol. The molecule has 5 rings (SSSR count). The number of carbonyl (C=O) groups is 1. The monoisotopic (exact) mass is 555 g/mol. The summed E-state index contributed by atoms with van der Waals surface area (Å²) in [7, 11) is -3.97. The van der Waals surface area contributed by atoms with Crippen LogP contribution in [0.25, 0.3) is 21.3 Å². The largest absolute Gasteiger partial charge is 0.397 e. The molecule has 0 aliphatic heterocycles. The highest BCUT2D eigenvalue weighted by molar-refractivity contribution is 7.92. The Hall–Kier alpha value is -4.86. The van der Waals surface area contributed by atoms with E-state index in [0.29, 0.717) is 15.8 Å². The second kappa shape index (κ2) is 10.1. The first-order valence-electron chi connectivity index (χ1n) is 11.7. The molecule has 0 bridgehead atoms. The van der Waals surface area contributed by atoms with Gasteiger partial charge in [-0.15, -0.1) is 11.3 Å². The quantitative estimate of drug-likeness (QED) is 0.246. The van der Waals surface area contributed by atoms with Crippen LogP contribution in [0, 0.1) is 11.3 Å². The Labute approximate surface area is 228 Å². The second-order valence-corrected chi connectivity index (χ2v) is 11.1. The number of fused-ring (bicyclic) bond motifs is 1. The van der Waals surface area contributed by atoms with Crippen molar-refractivity contribution >= 4 is 54.8 Å². The van der Waals surface area contributed by atoms with Crippen molar-refractivity contribution in [1.82, 2.24) is 15.0 Å². The van der Waals surface area contributed by atoms with Crippen molar-refractivity contribution in [3.05, 3.63) is 88.6 Å². The molecule has 0 unspecified atom stereocenters. The van der Waals surface area contributed by atoms with Gasteiger partial charge in [-0.2, -0.15) is 5.26 Å². The highest BCUT2D eigenvalue weighted by Gasteiger charge is 2.25. The van der Waals surface area contributed by atoms with Gasteiger partial charge in [-0.05, 0) is 47.9 Å². The molecule has 3 aromatic heterocycles. The smallest absolute Gasteiger partial charge is 0.264 e. The summed E-state index contributed by atoms with van der Waals surface area (Å²) in [4.78, 5) is 26.1. The zero-order valence-corrected chi connectivity index (χ0v) is 22.2. The van der Waals surface area contributed by atoms with Gasteiger partial charge < -0.3 is 11.5 Å². The predicted octanol–water partition coefficient (Wildman–Crippen LogP) is 4.38. The molecule has 0 radical (unpaired) electrons. The van der Waals surface area contributed by atoms with Gasteiger partial charge in [0.1, 0.15) is 27.2 Å². The summed E-state index contributed by atoms with van der Waals surface area (Å²) in [6.07, 6.45) is 3.68. The molecule has 0 atom stereocenters. The van der Waals surface area contributed by atoms with E-state index in [0.717, 1.165) is 28.9 Å². The van der Waals surface area contributed by atoms with Gasteiger partial charge in [0.05, 0.1) is 10.6 Å². The summed E-state index contributed by atoms with van der Waals surface area (Å²) < 4.78 is 27.7. The van der Waals surface area contributed by atoms with E-state index in [1.165, 1.54) is 36.7 Å². The Morgan fingerprint density at radius 3 is 2.33 bits per heavy atom. The molecule has 0 amide bonds. The van der Waals surface area contributed by atoms with E-state index < -0.39 is 15.8 Å². The zero-order chi connectivity index (χ0) is 27.7. The molecule has 2 aromatic carbocycles. The predicted molar refractivity (Wildman–Crippen MR) is 151 cm³/mol. The molecule has 0 aliphatic rings. The first-order chi connectivity index (χ1) is 18.7. The fraction of sp³-hybridized carbons (Fsp3) is 0.0741. The fourth-order valence-corrected chi connectivity index (χ4v) is 6.13. The van der Waals surface area contributed by atoms with Gasteiger partial charge in [-0.1, -0.05) is 31.2 Å². The fourth-order valence-electron chi connectivity index (χ4n) is 4.10. The van der Waals surface area contributed by atoms with Crippen LogP contribution < -0.4 is 16.2 Å². The summed E-state index contributed by atoms with van der Waals surface area (Å²) in [5.74, 6) is -0.438. The molecule has 0 saturated heterocycles. The molecule has 5 N–H and O–H groups in total. The van der Waals surface area contributed by atoms with Crippen LogP contribution in [-0.4, -0.2) is 29.2 Å². The van der Waals surface area contributed by atoms with E-state index in [2.05, 4.69) is 25.7 Å². The van der Waals surface area contributed by atoms with Crippen molar-refractivity contribution in [2.75, 3.05) is 16.2 Å². The molecule has 0 spiro atoms. The van der Waals surface area contributed by atoms with Crippen LogP contribution in [0.5, 0.6) is 0 Å². The van der Waals surface area contributed by atoms with E-state index in [1.807, 2.05) is 31.2 Å². The number of nitrogen functional groups attached to an aromatic ring is 2. The number of benzene rings is 2. The van der Waals surface area contributed by atoms with E-state index in [1.54, 1.807) is 6.07 Å². The topological polar surface area (TPSA) is 178 Å². The third-order valence-electron chi connectivity index (χ3n) is 6.09. The molecule has 194 valence electrons. The Bertz CT molecular complexity index is 1860. The summed E-state index contributed by atoms with van der Waals surface area (Å²) in [5.41, 5.74) is 15.6. The minimum Gasteiger partial charge on any atom is -0.397 e. The van der Waals surface area contributed by atoms with Gasteiger partial charge in [0.2, 0.25) is 11.7 Å². The van der Waals surface area contributed by atoms with Crippen molar-refractivity contribution < 1.29 is 13.2 Å². The number of nitriles is 1. The number of thiophene rings is 1. The molecule has 0 aliphatic carbocycles. The van der Waals surface area contributed by atoms with Crippen LogP contribution >= 0.6 is 11.3 Å². The lowest BCUT2D eigenvalue weighted by molar-refractivity contribution is 0.104. The average molecular weight is 556 g/mol. The van der Waals surface area contributed by atoms with Crippen LogP contribution in [0.1, 0.15) is 33.3 Å². The summed E-state index contributed by atoms with van der Waals surface area (Å²) in [6, 6.07) is 16.8. The number of anilines is 3. The standard InChI is InChI=1S/C27H21N7O3S2/c1-2-15-4-6-16(7-5-15)20-19(14-28)25(30)33-26-21(20)22(29)24(38-26)23(35)17-8-10-18(11-9-17)39(36,37)34-27-31-12-3-13-32-27/h3-13H,2,29H2,1H3,(H2,30,33)(H,31,32,34). The number of nitrogens with zero attached hydrogens (tertiary/aromatic N) is 4. The molecule has 5 aromatic rings. The number of ketones is 1. The van der Waals surface area contributed by atoms with Gasteiger partial charge in [0, 0.05) is 28.9 Å². The van der Waals surface area contributed by atoms with Crippen molar-refractivity contribution in [1.29, 1.82) is 5.26 Å². The summed E-state index contributed by atoms with van der Waals surface area (Å²) in [5, 5.41) is 10.3. The molecule has 0 fully saturated rings. The first kappa shape index (κ1) is 25.8. The van der Waals surface area contributed by atoms with Gasteiger partial charge >= 0.3 is 0 Å². The number of nitrogens with one attached hydrogen (secondary N) is 1. The number of pyridine rings is 1. The highest BCUT2D eigenvalue weighted by Crippen LogP contribution is 2.43. The van der Waals surface area contributed by atoms with Crippen molar-refractivity contribution in [2.45, 2.75) is 18.2 Å². The number of rotatable bonds is 7. The summed E-state index contributed by atoms with van der Waals surface area (Å²) in [6.45, 7) is 2.04. The van der Waals surface area contributed by atoms with Crippen LogP contribution in [-0.2, 0) is 16.4 Å². The van der Waals surface area contributed by atoms with Gasteiger partial charge in [-0.25, -0.2) is 28.1 Å². The number of aromatic nitrogens is 3. The molecule has 39 heavy (non-hydrogen) atoms. The van der Waals surface area contributed by atoms with Gasteiger partial charge in [-0.3, -0.25) is 4.79 Å². The number of hydrogen-bond donors (Lipinski definition) is 3. The Morgan fingerprint density at radius 2 is 1.72 bits per heavy atom. The maximum atomic E-state index is 13.5. The van der Waals surface area contributed by atoms with Crippen LogP contribution in [0.4, 0.5) is 17.5 Å². The minimum absolute atomic E-state index is 0.0456. The maximum absolute atomic E-state index is 13.5. The number of carbonyl (C=O) groups excluding carboxylic acids is 1. The molecule has 12 heteroatoms. The van der Waals surface area contributed by atoms with Gasteiger partial charge in [0.25, 0.3) is 10.0 Å². The van der Waals surface area contributed by atoms with Gasteiger partial charge in [0.15, 0.2) is 0 Å². The number of nitrogens with two attached hydrogens (primary N) is 2. The second-order valence-electron chi connectivity index (χ2n) is 8.47. The Morgan fingerprint density at radius 1 is 1.05 bits per heavy atom. The lowest BCUT2D eigenvalue weighted by Crippen LogP contribution is -2.15. The van der Waals surface area contributed by atoms with E-state index in [-0.39, 0.29) is 38.4 Å². The lowest BCUT2D eigenvalue weighted by atomic mass is 9.95. The first-order valence-corrected chi connectivity index (χ1v) is 14.0. The molecule has 0 saturated carbocycles. The molecular formula is C27H21N7O3S2. The third kappa shape index (κ3) is 4.76. The molecule has 10 nitrogen and oxygen atoms in total. The Kier molecular flexibility index (Phi) is 6.69. The van der Waals surface area contributed by atoms with Crippen molar-refractivity contribution in [3.8, 4) is 17.2 Å². The highest BCUT2D eigenvalue weighted by atomic mass is 32.2. The zero-order valence-electron chi connectivity index (χ0n) is 20.5. The lowest BCUT2D eigenvalue weighted by Gasteiger charge is -2.10. The number of hydrogen-bond acceptors (Lipinski definition) is 10.